The molecule has 0 aliphatic heterocycles. The van der Waals surface area contributed by atoms with E-state index in [-0.39, 0.29) is 52.7 Å². The molecule has 236 valence electrons. The van der Waals surface area contributed by atoms with Crippen molar-refractivity contribution in [3.05, 3.63) is 0 Å². The van der Waals surface area contributed by atoms with Crippen molar-refractivity contribution in [2.45, 2.75) is 24.7 Å². The van der Waals surface area contributed by atoms with Crippen LogP contribution in [-0.4, -0.2) is 165 Å². The van der Waals surface area contributed by atoms with Crippen molar-refractivity contribution >= 4 is 10.1 Å². The van der Waals surface area contributed by atoms with Gasteiger partial charge in [-0.2, -0.15) is 8.42 Å². The van der Waals surface area contributed by atoms with Crippen LogP contribution in [0.2, 0.25) is 0 Å². The molecule has 0 aliphatic carbocycles. The van der Waals surface area contributed by atoms with Crippen molar-refractivity contribution < 1.29 is 65.1 Å². The van der Waals surface area contributed by atoms with E-state index in [0.717, 1.165) is 0 Å². The lowest BCUT2D eigenvalue weighted by atomic mass is 10.3. The van der Waals surface area contributed by atoms with Gasteiger partial charge in [-0.25, -0.2) is 0 Å². The topological polar surface area (TPSA) is 156 Å². The van der Waals surface area contributed by atoms with Crippen LogP contribution in [0.5, 0.6) is 0 Å². The van der Waals surface area contributed by atoms with Gasteiger partial charge < -0.3 is 52.1 Å². The first-order valence-electron chi connectivity index (χ1n) is 12.9. The predicted octanol–water partition coefficient (Wildman–Crippen LogP) is 0.0719. The van der Waals surface area contributed by atoms with E-state index in [1.165, 1.54) is 0 Å². The molecule has 14 nitrogen and oxygen atoms in total. The largest absolute Gasteiger partial charge is 0.382 e. The Morgan fingerprint density at radius 3 is 1.13 bits per heavy atom. The molecule has 15 heteroatoms. The summed E-state index contributed by atoms with van der Waals surface area (Å²) in [5.74, 6) is -0.409. The zero-order valence-corrected chi connectivity index (χ0v) is 24.7. The molecule has 39 heavy (non-hydrogen) atoms. The van der Waals surface area contributed by atoms with Crippen LogP contribution >= 0.6 is 0 Å². The van der Waals surface area contributed by atoms with Crippen LogP contribution in [0, 0.1) is 0 Å². The van der Waals surface area contributed by atoms with E-state index >= 15 is 0 Å². The van der Waals surface area contributed by atoms with Gasteiger partial charge in [0.25, 0.3) is 10.1 Å². The Hall–Kier alpha value is -0.530. The van der Waals surface area contributed by atoms with E-state index in [0.29, 0.717) is 52.9 Å². The van der Waals surface area contributed by atoms with E-state index < -0.39 is 34.2 Å². The van der Waals surface area contributed by atoms with Crippen LogP contribution in [0.3, 0.4) is 0 Å². The van der Waals surface area contributed by atoms with Crippen LogP contribution in [0.4, 0.5) is 0 Å². The Morgan fingerprint density at radius 1 is 0.487 bits per heavy atom. The lowest BCUT2D eigenvalue weighted by Crippen LogP contribution is -2.36. The second-order valence-electron chi connectivity index (χ2n) is 8.31. The lowest BCUT2D eigenvalue weighted by molar-refractivity contribution is -0.132. The minimum absolute atomic E-state index is 0.0792. The van der Waals surface area contributed by atoms with Gasteiger partial charge in [0.05, 0.1) is 98.2 Å². The highest BCUT2D eigenvalue weighted by Crippen LogP contribution is 2.06. The van der Waals surface area contributed by atoms with E-state index in [1.807, 2.05) is 0 Å². The van der Waals surface area contributed by atoms with Crippen molar-refractivity contribution in [1.82, 2.24) is 0 Å². The summed E-state index contributed by atoms with van der Waals surface area (Å²) in [4.78, 5) is 0. The molecule has 0 unspecified atom stereocenters. The number of ether oxygens (including phenoxy) is 11. The van der Waals surface area contributed by atoms with Gasteiger partial charge in [0.2, 0.25) is 0 Å². The first-order valence-corrected chi connectivity index (χ1v) is 14.5. The van der Waals surface area contributed by atoms with Crippen molar-refractivity contribution in [3.63, 3.8) is 0 Å². The third-order valence-corrected chi connectivity index (χ3v) is 5.68. The summed E-state index contributed by atoms with van der Waals surface area (Å²) in [6.45, 7) is 4.84. The molecule has 0 saturated heterocycles. The smallest absolute Gasteiger partial charge is 0.264 e. The minimum atomic E-state index is -4.08. The average Bonchev–Trinajstić information content (AvgIpc) is 2.90. The Kier molecular flexibility index (Phi) is 27.3. The fourth-order valence-corrected chi connectivity index (χ4v) is 3.32. The first kappa shape index (κ1) is 38.5. The summed E-state index contributed by atoms with van der Waals surface area (Å²) in [7, 11) is 2.28. The summed E-state index contributed by atoms with van der Waals surface area (Å²) in [5, 5.41) is 0. The van der Waals surface area contributed by atoms with Crippen LogP contribution in [0.15, 0.2) is 0 Å². The summed E-state index contributed by atoms with van der Waals surface area (Å²) < 4.78 is 91.4. The fraction of sp³-hybridized carbons (Fsp3) is 1.00. The van der Waals surface area contributed by atoms with Gasteiger partial charge in [0.1, 0.15) is 18.3 Å². The average molecular weight is 595 g/mol. The van der Waals surface area contributed by atoms with Gasteiger partial charge in [-0.05, 0) is 6.42 Å². The first-order chi connectivity index (χ1) is 18.9. The molecule has 0 aliphatic rings. The van der Waals surface area contributed by atoms with Crippen LogP contribution in [-0.2, 0) is 62.2 Å². The lowest BCUT2D eigenvalue weighted by Gasteiger charge is -2.25. The Morgan fingerprint density at radius 2 is 0.821 bits per heavy atom. The van der Waals surface area contributed by atoms with Crippen LogP contribution in [0.25, 0.3) is 0 Å². The number of hydrogen-bond donors (Lipinski definition) is 1. The molecule has 0 spiro atoms. The predicted molar refractivity (Wildman–Crippen MR) is 141 cm³/mol. The molecule has 0 saturated carbocycles. The molecule has 0 atom stereocenters. The van der Waals surface area contributed by atoms with Gasteiger partial charge >= 0.3 is 0 Å². The van der Waals surface area contributed by atoms with Gasteiger partial charge in [0, 0.05) is 35.0 Å². The van der Waals surface area contributed by atoms with Crippen molar-refractivity contribution in [3.8, 4) is 0 Å². The maximum absolute atomic E-state index is 11.1. The van der Waals surface area contributed by atoms with E-state index in [4.69, 9.17) is 56.7 Å². The Balaban J connectivity index is 5.04. The third kappa shape index (κ3) is 27.4. The maximum Gasteiger partial charge on any atom is 0.264 e. The molecule has 0 bridgehead atoms. The number of hydrogen-bond acceptors (Lipinski definition) is 13. The highest BCUT2D eigenvalue weighted by Gasteiger charge is 2.19. The maximum atomic E-state index is 11.1. The molecule has 0 aromatic heterocycles. The molecule has 1 N–H and O–H groups in total. The highest BCUT2D eigenvalue weighted by atomic mass is 32.2. The number of rotatable bonds is 31. The molecule has 0 aromatic carbocycles. The number of methoxy groups -OCH3 is 4. The van der Waals surface area contributed by atoms with Crippen LogP contribution < -0.4 is 0 Å². The molecule has 0 amide bonds. The SMILES string of the molecule is COCCOCC(COCCOC)OCC(COC(COCCOC)COCCOC)OCCCS(=O)(=O)O. The Labute approximate surface area is 233 Å². The quantitative estimate of drug-likeness (QED) is 0.0850. The van der Waals surface area contributed by atoms with Crippen molar-refractivity contribution in [2.75, 3.05) is 133 Å². The second kappa shape index (κ2) is 27.6. The summed E-state index contributed by atoms with van der Waals surface area (Å²) >= 11 is 0. The zero-order valence-electron chi connectivity index (χ0n) is 23.9. The second-order valence-corrected chi connectivity index (χ2v) is 9.89. The minimum Gasteiger partial charge on any atom is -0.382 e. The molecule has 0 heterocycles. The fourth-order valence-electron chi connectivity index (χ4n) is 2.84. The molecular weight excluding hydrogens is 544 g/mol. The van der Waals surface area contributed by atoms with Crippen LogP contribution in [0.1, 0.15) is 6.42 Å². The molecule has 0 aromatic rings. The highest BCUT2D eigenvalue weighted by molar-refractivity contribution is 7.85. The van der Waals surface area contributed by atoms with Gasteiger partial charge in [-0.1, -0.05) is 0 Å². The molecule has 0 radical (unpaired) electrons. The van der Waals surface area contributed by atoms with Gasteiger partial charge in [-0.3, -0.25) is 4.55 Å². The van der Waals surface area contributed by atoms with E-state index in [9.17, 15) is 8.42 Å². The summed E-state index contributed by atoms with van der Waals surface area (Å²) in [6.07, 6.45) is -1.23. The monoisotopic (exact) mass is 594 g/mol. The molecule has 0 fully saturated rings. The molecule has 0 rings (SSSR count). The van der Waals surface area contributed by atoms with E-state index in [2.05, 4.69) is 0 Å². The Bertz CT molecular complexity index is 554. The van der Waals surface area contributed by atoms with Gasteiger partial charge in [0.15, 0.2) is 0 Å². The summed E-state index contributed by atoms with van der Waals surface area (Å²) in [5.41, 5.74) is 0. The standard InChI is InChI=1S/C24H50O14S/c1-28-7-11-32-16-22(17-33-12-8-29-2)37-20-24(36-6-5-15-39(25,26)27)21-38-23(18-34-13-9-30-3)19-35-14-10-31-4/h22-24H,5-21H2,1-4H3,(H,25,26,27). The van der Waals surface area contributed by atoms with Crippen molar-refractivity contribution in [2.24, 2.45) is 0 Å². The van der Waals surface area contributed by atoms with E-state index in [1.54, 1.807) is 28.4 Å². The normalized spacial score (nSPS) is 12.4. The zero-order chi connectivity index (χ0) is 29.0. The summed E-state index contributed by atoms with van der Waals surface area (Å²) in [6, 6.07) is 0. The molecular formula is C24H50O14S. The van der Waals surface area contributed by atoms with Gasteiger partial charge in [-0.15, -0.1) is 0 Å². The van der Waals surface area contributed by atoms with Crippen molar-refractivity contribution in [1.29, 1.82) is 0 Å². The third-order valence-electron chi connectivity index (χ3n) is 4.88.